The molecule has 0 aromatic carbocycles. The van der Waals surface area contributed by atoms with E-state index in [0.717, 1.165) is 18.4 Å². The highest BCUT2D eigenvalue weighted by Gasteiger charge is 2.44. The molecule has 2 nitrogen and oxygen atoms in total. The van der Waals surface area contributed by atoms with Gasteiger partial charge >= 0.3 is 0 Å². The molecule has 0 saturated heterocycles. The summed E-state index contributed by atoms with van der Waals surface area (Å²) >= 11 is 1.62. The van der Waals surface area contributed by atoms with Crippen LogP contribution >= 0.6 is 11.3 Å². The second kappa shape index (κ2) is 2.83. The molecule has 12 heavy (non-hydrogen) atoms. The van der Waals surface area contributed by atoms with Crippen LogP contribution in [-0.4, -0.2) is 18.3 Å². The predicted octanol–water partition coefficient (Wildman–Crippen LogP) is 1.74. The molecule has 1 aromatic rings. The Morgan fingerprint density at radius 2 is 2.42 bits per heavy atom. The standard InChI is InChI=1S/C9H12O2S/c1-11-8-4-9(10,5-8)7-2-3-12-6-7/h2-3,6,8,10H,4-5H2,1H3. The molecule has 0 atom stereocenters. The van der Waals surface area contributed by atoms with Crippen LogP contribution in [0.2, 0.25) is 0 Å². The Balaban J connectivity index is 2.07. The van der Waals surface area contributed by atoms with Gasteiger partial charge in [0.05, 0.1) is 11.7 Å². The fourth-order valence-electron chi connectivity index (χ4n) is 1.63. The first kappa shape index (κ1) is 8.23. The van der Waals surface area contributed by atoms with Gasteiger partial charge in [-0.25, -0.2) is 0 Å². The van der Waals surface area contributed by atoms with Crippen molar-refractivity contribution in [1.29, 1.82) is 0 Å². The zero-order valence-electron chi connectivity index (χ0n) is 6.99. The van der Waals surface area contributed by atoms with Crippen LogP contribution in [0.1, 0.15) is 18.4 Å². The molecule has 1 saturated carbocycles. The second-order valence-electron chi connectivity index (χ2n) is 3.31. The highest BCUT2D eigenvalue weighted by molar-refractivity contribution is 7.08. The summed E-state index contributed by atoms with van der Waals surface area (Å²) in [4.78, 5) is 0. The normalized spacial score (nSPS) is 34.7. The first-order valence-corrected chi connectivity index (χ1v) is 4.97. The Bertz CT molecular complexity index is 250. The molecule has 1 aliphatic rings. The summed E-state index contributed by atoms with van der Waals surface area (Å²) in [5.74, 6) is 0. The van der Waals surface area contributed by atoms with Crippen LogP contribution in [0, 0.1) is 0 Å². The maximum absolute atomic E-state index is 10.00. The fourth-order valence-corrected chi connectivity index (χ4v) is 2.37. The van der Waals surface area contributed by atoms with Crippen molar-refractivity contribution in [2.45, 2.75) is 24.5 Å². The van der Waals surface area contributed by atoms with Gasteiger partial charge in [0.15, 0.2) is 0 Å². The summed E-state index contributed by atoms with van der Waals surface area (Å²) in [6.07, 6.45) is 1.72. The average molecular weight is 184 g/mol. The third-order valence-electron chi connectivity index (χ3n) is 2.52. The number of aliphatic hydroxyl groups is 1. The third-order valence-corrected chi connectivity index (χ3v) is 3.21. The summed E-state index contributed by atoms with van der Waals surface area (Å²) in [7, 11) is 1.69. The Hall–Kier alpha value is -0.380. The van der Waals surface area contributed by atoms with Gasteiger partial charge in [-0.15, -0.1) is 0 Å². The lowest BCUT2D eigenvalue weighted by Gasteiger charge is -2.42. The molecule has 1 heterocycles. The van der Waals surface area contributed by atoms with Gasteiger partial charge in [0, 0.05) is 20.0 Å². The van der Waals surface area contributed by atoms with E-state index in [-0.39, 0.29) is 6.10 Å². The van der Waals surface area contributed by atoms with E-state index in [4.69, 9.17) is 4.74 Å². The van der Waals surface area contributed by atoms with Crippen molar-refractivity contribution in [3.05, 3.63) is 22.4 Å². The van der Waals surface area contributed by atoms with Crippen LogP contribution in [0.15, 0.2) is 16.8 Å². The smallest absolute Gasteiger partial charge is 0.0954 e. The van der Waals surface area contributed by atoms with Gasteiger partial charge in [0.2, 0.25) is 0 Å². The minimum atomic E-state index is -0.597. The number of thiophene rings is 1. The SMILES string of the molecule is COC1CC(O)(c2ccsc2)C1. The predicted molar refractivity (Wildman–Crippen MR) is 48.2 cm³/mol. The maximum Gasteiger partial charge on any atom is 0.0954 e. The molecule has 0 bridgehead atoms. The van der Waals surface area contributed by atoms with Gasteiger partial charge in [0.25, 0.3) is 0 Å². The van der Waals surface area contributed by atoms with E-state index < -0.39 is 5.60 Å². The van der Waals surface area contributed by atoms with Gasteiger partial charge in [-0.1, -0.05) is 0 Å². The monoisotopic (exact) mass is 184 g/mol. The van der Waals surface area contributed by atoms with Crippen LogP contribution < -0.4 is 0 Å². The van der Waals surface area contributed by atoms with Crippen molar-refractivity contribution in [2.24, 2.45) is 0 Å². The molecular weight excluding hydrogens is 172 g/mol. The Morgan fingerprint density at radius 1 is 1.67 bits per heavy atom. The lowest BCUT2D eigenvalue weighted by atomic mass is 9.74. The molecule has 2 rings (SSSR count). The number of rotatable bonds is 2. The molecule has 0 aliphatic heterocycles. The van der Waals surface area contributed by atoms with E-state index in [0.29, 0.717) is 0 Å². The first-order chi connectivity index (χ1) is 5.74. The van der Waals surface area contributed by atoms with Crippen molar-refractivity contribution in [3.8, 4) is 0 Å². The van der Waals surface area contributed by atoms with Crippen LogP contribution in [-0.2, 0) is 10.3 Å². The fraction of sp³-hybridized carbons (Fsp3) is 0.556. The van der Waals surface area contributed by atoms with Crippen LogP contribution in [0.25, 0.3) is 0 Å². The summed E-state index contributed by atoms with van der Waals surface area (Å²) in [6.45, 7) is 0. The van der Waals surface area contributed by atoms with E-state index in [1.165, 1.54) is 0 Å². The van der Waals surface area contributed by atoms with Gasteiger partial charge in [-0.05, 0) is 22.4 Å². The van der Waals surface area contributed by atoms with Gasteiger partial charge in [-0.3, -0.25) is 0 Å². The van der Waals surface area contributed by atoms with Crippen molar-refractivity contribution >= 4 is 11.3 Å². The minimum Gasteiger partial charge on any atom is -0.385 e. The summed E-state index contributed by atoms with van der Waals surface area (Å²) in [6, 6.07) is 1.98. The number of hydrogen-bond acceptors (Lipinski definition) is 3. The second-order valence-corrected chi connectivity index (χ2v) is 4.09. The molecule has 0 radical (unpaired) electrons. The molecule has 66 valence electrons. The van der Waals surface area contributed by atoms with E-state index in [1.54, 1.807) is 18.4 Å². The number of methoxy groups -OCH3 is 1. The summed E-state index contributed by atoms with van der Waals surface area (Å²) in [5.41, 5.74) is 0.446. The number of ether oxygens (including phenoxy) is 1. The summed E-state index contributed by atoms with van der Waals surface area (Å²) in [5, 5.41) is 14.0. The minimum absolute atomic E-state index is 0.245. The Labute approximate surface area is 75.8 Å². The van der Waals surface area contributed by atoms with Gasteiger partial charge in [-0.2, -0.15) is 11.3 Å². The Morgan fingerprint density at radius 3 is 2.92 bits per heavy atom. The molecule has 1 N–H and O–H groups in total. The van der Waals surface area contributed by atoms with E-state index in [1.807, 2.05) is 16.8 Å². The van der Waals surface area contributed by atoms with Gasteiger partial charge < -0.3 is 9.84 Å². The van der Waals surface area contributed by atoms with Crippen molar-refractivity contribution in [2.75, 3.05) is 7.11 Å². The molecule has 3 heteroatoms. The van der Waals surface area contributed by atoms with E-state index in [9.17, 15) is 5.11 Å². The van der Waals surface area contributed by atoms with Crippen molar-refractivity contribution in [3.63, 3.8) is 0 Å². The first-order valence-electron chi connectivity index (χ1n) is 4.02. The number of hydrogen-bond donors (Lipinski definition) is 1. The zero-order chi connectivity index (χ0) is 8.60. The highest BCUT2D eigenvalue weighted by Crippen LogP contribution is 2.43. The molecule has 1 aliphatic carbocycles. The summed E-state index contributed by atoms with van der Waals surface area (Å²) < 4.78 is 5.12. The lowest BCUT2D eigenvalue weighted by Crippen LogP contribution is -2.45. The molecule has 1 fully saturated rings. The lowest BCUT2D eigenvalue weighted by molar-refractivity contribution is -0.132. The van der Waals surface area contributed by atoms with E-state index in [2.05, 4.69) is 0 Å². The van der Waals surface area contributed by atoms with Crippen molar-refractivity contribution in [1.82, 2.24) is 0 Å². The van der Waals surface area contributed by atoms with E-state index >= 15 is 0 Å². The van der Waals surface area contributed by atoms with Crippen LogP contribution in [0.3, 0.4) is 0 Å². The quantitative estimate of drug-likeness (QED) is 0.758. The average Bonchev–Trinajstić information content (AvgIpc) is 2.50. The van der Waals surface area contributed by atoms with Crippen molar-refractivity contribution < 1.29 is 9.84 Å². The van der Waals surface area contributed by atoms with Crippen LogP contribution in [0.5, 0.6) is 0 Å². The molecule has 1 aromatic heterocycles. The highest BCUT2D eigenvalue weighted by atomic mass is 32.1. The zero-order valence-corrected chi connectivity index (χ0v) is 7.80. The maximum atomic E-state index is 10.00. The largest absolute Gasteiger partial charge is 0.385 e. The molecular formula is C9H12O2S. The molecule has 0 unspecified atom stereocenters. The molecule has 0 spiro atoms. The molecule has 0 amide bonds. The Kier molecular flexibility index (Phi) is 1.94. The topological polar surface area (TPSA) is 29.5 Å². The third kappa shape index (κ3) is 1.18. The van der Waals surface area contributed by atoms with Gasteiger partial charge in [0.1, 0.15) is 0 Å². The van der Waals surface area contributed by atoms with Crippen LogP contribution in [0.4, 0.5) is 0 Å².